The first-order valence-electron chi connectivity index (χ1n) is 5.18. The number of rotatable bonds is 7. The molecule has 0 unspecified atom stereocenters. The molecule has 0 fully saturated rings. The van der Waals surface area contributed by atoms with E-state index in [0.29, 0.717) is 6.42 Å². The van der Waals surface area contributed by atoms with Crippen LogP contribution in [0.1, 0.15) is 54.6 Å². The molecule has 0 saturated heterocycles. The largest absolute Gasteiger partial charge is 0.0928 e. The molecule has 0 N–H and O–H groups in total. The molecule has 0 radical (unpaired) electrons. The van der Waals surface area contributed by atoms with E-state index in [1.54, 1.807) is 0 Å². The summed E-state index contributed by atoms with van der Waals surface area (Å²) in [5, 5.41) is 0.917. The monoisotopic (exact) mass is 208 g/mol. The lowest BCUT2D eigenvalue weighted by Gasteiger charge is -1.97. The van der Waals surface area contributed by atoms with Gasteiger partial charge in [0.05, 0.1) is 0 Å². The van der Waals surface area contributed by atoms with Crippen molar-refractivity contribution in [3.8, 4) is 0 Å². The van der Waals surface area contributed by atoms with Crippen molar-refractivity contribution in [2.75, 3.05) is 5.33 Å². The lowest BCUT2D eigenvalue weighted by atomic mass is 10.1. The first kappa shape index (κ1) is 7.15. The molecule has 1 heteroatoms. The first-order chi connectivity index (χ1) is 5.62. The maximum Gasteiger partial charge on any atom is 0.0267 e. The van der Waals surface area contributed by atoms with E-state index < -0.39 is 6.37 Å². The number of hydrogen-bond acceptors (Lipinski definition) is 0. The molecule has 0 aromatic heterocycles. The second-order valence-electron chi connectivity index (χ2n) is 2.50. The number of alkyl halides is 1. The van der Waals surface area contributed by atoms with Gasteiger partial charge in [-0.25, -0.2) is 0 Å². The third-order valence-corrected chi connectivity index (χ3v) is 2.01. The van der Waals surface area contributed by atoms with Crippen molar-refractivity contribution in [2.24, 2.45) is 0 Å². The van der Waals surface area contributed by atoms with Gasteiger partial charge in [-0.05, 0) is 6.42 Å². The van der Waals surface area contributed by atoms with E-state index in [0.717, 1.165) is 31.0 Å². The van der Waals surface area contributed by atoms with Crippen LogP contribution in [0.15, 0.2) is 0 Å². The minimum Gasteiger partial charge on any atom is -0.0928 e. The van der Waals surface area contributed by atoms with Gasteiger partial charge >= 0.3 is 0 Å². The maximum atomic E-state index is 7.65. The maximum absolute atomic E-state index is 7.65. The quantitative estimate of drug-likeness (QED) is 0.436. The van der Waals surface area contributed by atoms with Crippen LogP contribution < -0.4 is 0 Å². The molecule has 0 aromatic carbocycles. The Bertz CT molecular complexity index is 105. The second kappa shape index (κ2) is 9.48. The highest BCUT2D eigenvalue weighted by Gasteiger charge is 1.88. The van der Waals surface area contributed by atoms with Crippen LogP contribution >= 0.6 is 15.9 Å². The van der Waals surface area contributed by atoms with E-state index in [4.69, 9.17) is 2.74 Å². The Labute approximate surface area is 76.3 Å². The molecule has 0 aromatic rings. The van der Waals surface area contributed by atoms with Crippen molar-refractivity contribution in [1.29, 1.82) is 0 Å². The molecular formula is C9H19Br. The van der Waals surface area contributed by atoms with Crippen molar-refractivity contribution in [1.82, 2.24) is 0 Å². The molecule has 0 bridgehead atoms. The van der Waals surface area contributed by atoms with Crippen LogP contribution in [-0.4, -0.2) is 5.33 Å². The summed E-state index contributed by atoms with van der Waals surface area (Å²) in [5.41, 5.74) is 0. The standard InChI is InChI=1S/C9H19Br/c1-2-3-4-5-6-7-8-9-10/h2-9H2,1H3/i6D2. The summed E-state index contributed by atoms with van der Waals surface area (Å²) in [7, 11) is 0. The molecule has 0 nitrogen and oxygen atoms in total. The Morgan fingerprint density at radius 1 is 1.10 bits per heavy atom. The predicted molar refractivity (Wildman–Crippen MR) is 51.8 cm³/mol. The second-order valence-corrected chi connectivity index (χ2v) is 3.29. The van der Waals surface area contributed by atoms with Crippen LogP contribution in [0.25, 0.3) is 0 Å². The highest BCUT2D eigenvalue weighted by atomic mass is 79.9. The van der Waals surface area contributed by atoms with Crippen LogP contribution in [0.4, 0.5) is 0 Å². The van der Waals surface area contributed by atoms with E-state index in [9.17, 15) is 0 Å². The van der Waals surface area contributed by atoms with E-state index >= 15 is 0 Å². The average Bonchev–Trinajstić information content (AvgIpc) is 2.01. The van der Waals surface area contributed by atoms with Crippen LogP contribution in [0, 0.1) is 0 Å². The van der Waals surface area contributed by atoms with Crippen LogP contribution in [0.2, 0.25) is 0 Å². The molecule has 0 atom stereocenters. The summed E-state index contributed by atoms with van der Waals surface area (Å²) in [6.07, 6.45) is 4.81. The van der Waals surface area contributed by atoms with E-state index in [-0.39, 0.29) is 0 Å². The third-order valence-electron chi connectivity index (χ3n) is 1.44. The Morgan fingerprint density at radius 3 is 2.40 bits per heavy atom. The van der Waals surface area contributed by atoms with E-state index in [1.165, 1.54) is 6.42 Å². The van der Waals surface area contributed by atoms with Crippen LogP contribution in [-0.2, 0) is 0 Å². The van der Waals surface area contributed by atoms with Gasteiger partial charge in [-0.1, -0.05) is 61.3 Å². The predicted octanol–water partition coefficient (Wildman–Crippen LogP) is 4.13. The van der Waals surface area contributed by atoms with Gasteiger partial charge in [0.25, 0.3) is 0 Å². The number of hydrogen-bond donors (Lipinski definition) is 0. The fraction of sp³-hybridized carbons (Fsp3) is 1.00. The van der Waals surface area contributed by atoms with Crippen molar-refractivity contribution in [2.45, 2.75) is 51.8 Å². The molecule has 10 heavy (non-hydrogen) atoms. The van der Waals surface area contributed by atoms with Gasteiger partial charge in [-0.2, -0.15) is 0 Å². The summed E-state index contributed by atoms with van der Waals surface area (Å²) >= 11 is 3.32. The van der Waals surface area contributed by atoms with Gasteiger partial charge in [0.2, 0.25) is 0 Å². The van der Waals surface area contributed by atoms with Crippen molar-refractivity contribution in [3.05, 3.63) is 0 Å². The molecule has 0 saturated carbocycles. The Morgan fingerprint density at radius 2 is 1.80 bits per heavy atom. The Kier molecular flexibility index (Phi) is 6.77. The zero-order valence-corrected chi connectivity index (χ0v) is 8.41. The lowest BCUT2D eigenvalue weighted by Crippen LogP contribution is -1.79. The van der Waals surface area contributed by atoms with E-state index in [2.05, 4.69) is 22.9 Å². The molecule has 0 spiro atoms. The SMILES string of the molecule is [2H]C([2H])(CCCBr)CCCCC. The van der Waals surface area contributed by atoms with Gasteiger partial charge in [0.1, 0.15) is 0 Å². The van der Waals surface area contributed by atoms with Gasteiger partial charge in [0, 0.05) is 8.07 Å². The Hall–Kier alpha value is 0.480. The topological polar surface area (TPSA) is 0 Å². The summed E-state index contributed by atoms with van der Waals surface area (Å²) in [6.45, 7) is 2.15. The minimum absolute atomic E-state index is 0.696. The zero-order valence-electron chi connectivity index (χ0n) is 8.83. The highest BCUT2D eigenvalue weighted by molar-refractivity contribution is 9.09. The molecule has 0 amide bonds. The van der Waals surface area contributed by atoms with Gasteiger partial charge in [-0.3, -0.25) is 0 Å². The zero-order chi connectivity index (χ0) is 9.45. The number of halogens is 1. The van der Waals surface area contributed by atoms with E-state index in [1.807, 2.05) is 0 Å². The molecule has 0 heterocycles. The molecule has 0 aliphatic heterocycles. The fourth-order valence-electron chi connectivity index (χ4n) is 0.817. The molecule has 0 rings (SSSR count). The van der Waals surface area contributed by atoms with Crippen molar-refractivity contribution in [3.63, 3.8) is 0 Å². The Balaban J connectivity index is 3.42. The summed E-state index contributed by atoms with van der Waals surface area (Å²) in [4.78, 5) is 0. The third kappa shape index (κ3) is 8.48. The highest BCUT2D eigenvalue weighted by Crippen LogP contribution is 2.07. The summed E-state index contributed by atoms with van der Waals surface area (Å²) < 4.78 is 15.3. The van der Waals surface area contributed by atoms with Crippen LogP contribution in [0.3, 0.4) is 0 Å². The lowest BCUT2D eigenvalue weighted by molar-refractivity contribution is 0.604. The van der Waals surface area contributed by atoms with Gasteiger partial charge in [0.15, 0.2) is 0 Å². The summed E-state index contributed by atoms with van der Waals surface area (Å²) in [6, 6.07) is 0. The smallest absolute Gasteiger partial charge is 0.0267 e. The minimum atomic E-state index is -0.928. The average molecular weight is 209 g/mol. The van der Waals surface area contributed by atoms with Gasteiger partial charge in [-0.15, -0.1) is 0 Å². The van der Waals surface area contributed by atoms with Crippen molar-refractivity contribution >= 4 is 15.9 Å². The normalized spacial score (nSPS) is 14.6. The van der Waals surface area contributed by atoms with Crippen molar-refractivity contribution < 1.29 is 2.74 Å². The molecular weight excluding hydrogens is 188 g/mol. The molecule has 0 aliphatic rings. The summed E-state index contributed by atoms with van der Waals surface area (Å²) in [5.74, 6) is 0. The number of unbranched alkanes of at least 4 members (excludes halogenated alkanes) is 2. The molecule has 0 aliphatic carbocycles. The fourth-order valence-corrected chi connectivity index (χ4v) is 1.10. The van der Waals surface area contributed by atoms with Crippen LogP contribution in [0.5, 0.6) is 0 Å². The first-order valence-corrected chi connectivity index (χ1v) is 5.30. The molecule has 62 valence electrons. The van der Waals surface area contributed by atoms with Gasteiger partial charge < -0.3 is 0 Å².